The maximum atomic E-state index is 12.1. The van der Waals surface area contributed by atoms with Crippen LogP contribution < -0.4 is 14.9 Å². The molecule has 1 aromatic heterocycles. The van der Waals surface area contributed by atoms with Gasteiger partial charge in [-0.2, -0.15) is 5.06 Å². The fourth-order valence-electron chi connectivity index (χ4n) is 1.92. The molecule has 8 nitrogen and oxygen atoms in total. The first-order chi connectivity index (χ1) is 11.3. The molecule has 1 aromatic carbocycles. The van der Waals surface area contributed by atoms with Gasteiger partial charge in [0.1, 0.15) is 12.4 Å². The third kappa shape index (κ3) is 4.16. The van der Waals surface area contributed by atoms with E-state index in [1.165, 1.54) is 19.2 Å². The summed E-state index contributed by atoms with van der Waals surface area (Å²) in [6.07, 6.45) is 4.39. The van der Waals surface area contributed by atoms with Crippen LogP contribution >= 0.6 is 23.2 Å². The molecule has 0 atom stereocenters. The number of aryl methyl sites for hydroxylation is 1. The van der Waals surface area contributed by atoms with Crippen LogP contribution in [-0.2, 0) is 23.1 Å². The number of hydroxylamine groups is 1. The Bertz CT molecular complexity index is 755. The molecule has 0 bridgehead atoms. The first kappa shape index (κ1) is 18.1. The Morgan fingerprint density at radius 1 is 1.38 bits per heavy atom. The number of nitrogens with one attached hydrogen (secondary N) is 1. The molecular formula is C14H15Cl2N4O4+. The van der Waals surface area contributed by atoms with Crippen LogP contribution in [0.3, 0.4) is 0 Å². The highest BCUT2D eigenvalue weighted by atomic mass is 35.5. The molecule has 2 aromatic rings. The number of amides is 2. The van der Waals surface area contributed by atoms with Crippen LogP contribution in [-0.4, -0.2) is 28.9 Å². The highest BCUT2D eigenvalue weighted by Gasteiger charge is 2.20. The molecule has 10 heteroatoms. The van der Waals surface area contributed by atoms with Gasteiger partial charge in [0.05, 0.1) is 35.6 Å². The van der Waals surface area contributed by atoms with E-state index in [0.717, 1.165) is 0 Å². The van der Waals surface area contributed by atoms with Gasteiger partial charge < -0.3 is 4.74 Å². The molecule has 2 amide bonds. The Balaban J connectivity index is 2.18. The molecule has 0 spiro atoms. The van der Waals surface area contributed by atoms with Crippen molar-refractivity contribution in [3.8, 4) is 0 Å². The van der Waals surface area contributed by atoms with Crippen molar-refractivity contribution in [1.82, 2.24) is 4.57 Å². The van der Waals surface area contributed by atoms with Crippen molar-refractivity contribution in [3.63, 3.8) is 0 Å². The number of carbonyl (C=O) groups is 2. The van der Waals surface area contributed by atoms with E-state index < -0.39 is 12.0 Å². The number of halogens is 2. The zero-order chi connectivity index (χ0) is 17.9. The smallest absolute Gasteiger partial charge is 0.411 e. The molecule has 128 valence electrons. The molecule has 0 aliphatic rings. The van der Waals surface area contributed by atoms with E-state index in [-0.39, 0.29) is 28.0 Å². The molecule has 24 heavy (non-hydrogen) atoms. The molecule has 0 saturated carbocycles. The Morgan fingerprint density at radius 3 is 2.50 bits per heavy atom. The van der Waals surface area contributed by atoms with Gasteiger partial charge in [0, 0.05) is 0 Å². The fourth-order valence-corrected chi connectivity index (χ4v) is 2.49. The van der Waals surface area contributed by atoms with E-state index in [2.05, 4.69) is 10.1 Å². The van der Waals surface area contributed by atoms with Crippen molar-refractivity contribution in [1.29, 1.82) is 0 Å². The molecule has 0 saturated heterocycles. The molecular weight excluding hydrogens is 359 g/mol. The van der Waals surface area contributed by atoms with Crippen molar-refractivity contribution >= 4 is 46.6 Å². The summed E-state index contributed by atoms with van der Waals surface area (Å²) in [5, 5.41) is 12.9. The molecule has 0 radical (unpaired) electrons. The summed E-state index contributed by atoms with van der Waals surface area (Å²) in [5.74, 6) is -0.591. The quantitative estimate of drug-likeness (QED) is 0.488. The summed E-state index contributed by atoms with van der Waals surface area (Å²) >= 11 is 12.1. The predicted molar refractivity (Wildman–Crippen MR) is 87.4 cm³/mol. The number of anilines is 2. The average Bonchev–Trinajstić information content (AvgIpc) is 2.94. The number of hydrogen-bond donors (Lipinski definition) is 2. The highest BCUT2D eigenvalue weighted by molar-refractivity contribution is 6.40. The van der Waals surface area contributed by atoms with Gasteiger partial charge >= 0.3 is 6.09 Å². The van der Waals surface area contributed by atoms with Crippen LogP contribution in [0.15, 0.2) is 30.9 Å². The lowest BCUT2D eigenvalue weighted by Gasteiger charge is -2.16. The summed E-state index contributed by atoms with van der Waals surface area (Å²) in [6, 6.07) is 2.60. The van der Waals surface area contributed by atoms with E-state index in [4.69, 9.17) is 23.2 Å². The number of ether oxygens (including phenoxy) is 1. The minimum Gasteiger partial charge on any atom is -0.453 e. The maximum Gasteiger partial charge on any atom is 0.411 e. The zero-order valence-corrected chi connectivity index (χ0v) is 14.4. The van der Waals surface area contributed by atoms with Crippen molar-refractivity contribution < 1.29 is 24.1 Å². The van der Waals surface area contributed by atoms with Crippen LogP contribution in [0.4, 0.5) is 16.2 Å². The van der Waals surface area contributed by atoms with Gasteiger partial charge in [-0.3, -0.25) is 15.3 Å². The number of carbonyl (C=O) groups excluding carboxylic acids is 2. The number of benzene rings is 1. The summed E-state index contributed by atoms with van der Waals surface area (Å²) in [4.78, 5) is 23.4. The van der Waals surface area contributed by atoms with Crippen molar-refractivity contribution in [3.05, 3.63) is 40.9 Å². The zero-order valence-electron chi connectivity index (χ0n) is 12.9. The van der Waals surface area contributed by atoms with Gasteiger partial charge in [0.2, 0.25) is 6.33 Å². The molecule has 0 unspecified atom stereocenters. The molecule has 2 rings (SSSR count). The largest absolute Gasteiger partial charge is 0.453 e. The molecule has 0 aliphatic heterocycles. The van der Waals surface area contributed by atoms with E-state index in [9.17, 15) is 14.8 Å². The molecule has 1 heterocycles. The van der Waals surface area contributed by atoms with Crippen LogP contribution in [0, 0.1) is 0 Å². The Morgan fingerprint density at radius 2 is 2.00 bits per heavy atom. The summed E-state index contributed by atoms with van der Waals surface area (Å²) < 4.78 is 7.82. The molecule has 0 fully saturated rings. The van der Waals surface area contributed by atoms with Crippen LogP contribution in [0.5, 0.6) is 0 Å². The summed E-state index contributed by atoms with van der Waals surface area (Å²) in [5.41, 5.74) is 0.189. The normalized spacial score (nSPS) is 10.4. The fraction of sp³-hybridized carbons (Fsp3) is 0.214. The van der Waals surface area contributed by atoms with E-state index in [1.54, 1.807) is 27.9 Å². The predicted octanol–water partition coefficient (Wildman–Crippen LogP) is 2.22. The van der Waals surface area contributed by atoms with E-state index in [0.29, 0.717) is 5.06 Å². The summed E-state index contributed by atoms with van der Waals surface area (Å²) in [6.45, 7) is -0.0747. The topological polar surface area (TPSA) is 87.7 Å². The van der Waals surface area contributed by atoms with E-state index >= 15 is 0 Å². The van der Waals surface area contributed by atoms with Crippen LogP contribution in [0.25, 0.3) is 0 Å². The van der Waals surface area contributed by atoms with Crippen LogP contribution in [0.1, 0.15) is 0 Å². The number of aromatic nitrogens is 2. The summed E-state index contributed by atoms with van der Waals surface area (Å²) in [7, 11) is 3.01. The van der Waals surface area contributed by atoms with Crippen molar-refractivity contribution in [2.24, 2.45) is 7.05 Å². The van der Waals surface area contributed by atoms with Gasteiger partial charge in [-0.1, -0.05) is 23.2 Å². The lowest BCUT2D eigenvalue weighted by Crippen LogP contribution is -2.31. The Hall–Kier alpha value is -2.29. The number of nitrogens with zero attached hydrogens (tertiary/aromatic N) is 3. The second kappa shape index (κ2) is 7.52. The SMILES string of the molecule is COC(=O)Nc1c(Cl)cc(N(O)C(=O)Cn2cc[n+](C)c2)cc1Cl. The average molecular weight is 374 g/mol. The highest BCUT2D eigenvalue weighted by Crippen LogP contribution is 2.35. The standard InChI is InChI=1S/C14H14Cl2N4O4/c1-18-3-4-19(8-18)7-12(21)20(23)9-5-10(15)13(11(16)6-9)17-14(22)24-2/h3-6,8,23H,7H2,1-2H3/p+1. The van der Waals surface area contributed by atoms with Gasteiger partial charge in [0.15, 0.2) is 6.54 Å². The Kier molecular flexibility index (Phi) is 5.66. The number of rotatable bonds is 4. The number of imidazole rings is 1. The van der Waals surface area contributed by atoms with Crippen molar-refractivity contribution in [2.75, 3.05) is 17.5 Å². The lowest BCUT2D eigenvalue weighted by molar-refractivity contribution is -0.671. The monoisotopic (exact) mass is 373 g/mol. The lowest BCUT2D eigenvalue weighted by atomic mass is 10.2. The van der Waals surface area contributed by atoms with Gasteiger partial charge in [-0.25, -0.2) is 13.9 Å². The third-order valence-corrected chi connectivity index (χ3v) is 3.66. The second-order valence-electron chi connectivity index (χ2n) is 4.86. The minimum absolute atomic E-state index is 0.0436. The molecule has 2 N–H and O–H groups in total. The van der Waals surface area contributed by atoms with Crippen molar-refractivity contribution in [2.45, 2.75) is 6.54 Å². The van der Waals surface area contributed by atoms with Gasteiger partial charge in [-0.15, -0.1) is 0 Å². The molecule has 0 aliphatic carbocycles. The van der Waals surface area contributed by atoms with Gasteiger partial charge in [-0.05, 0) is 12.1 Å². The first-order valence-electron chi connectivity index (χ1n) is 6.68. The minimum atomic E-state index is -0.746. The third-order valence-electron chi connectivity index (χ3n) is 3.06. The maximum absolute atomic E-state index is 12.1. The second-order valence-corrected chi connectivity index (χ2v) is 5.67. The van der Waals surface area contributed by atoms with Crippen LogP contribution in [0.2, 0.25) is 10.0 Å². The van der Waals surface area contributed by atoms with Gasteiger partial charge in [0.25, 0.3) is 5.91 Å². The number of hydrogen-bond acceptors (Lipinski definition) is 4. The number of methoxy groups -OCH3 is 1. The van der Waals surface area contributed by atoms with E-state index in [1.807, 2.05) is 7.05 Å². The Labute approximate surface area is 147 Å². The first-order valence-corrected chi connectivity index (χ1v) is 7.44.